The van der Waals surface area contributed by atoms with Crippen molar-refractivity contribution >= 4 is 11.9 Å². The van der Waals surface area contributed by atoms with Crippen molar-refractivity contribution in [3.05, 3.63) is 0 Å². The maximum atomic E-state index is 12.4. The maximum Gasteiger partial charge on any atom is 0.309 e. The molecule has 2 atom stereocenters. The lowest BCUT2D eigenvalue weighted by molar-refractivity contribution is -0.166. The number of hydrogen-bond acceptors (Lipinski definition) is 4. The van der Waals surface area contributed by atoms with Crippen molar-refractivity contribution in [2.45, 2.75) is 63.6 Å². The summed E-state index contributed by atoms with van der Waals surface area (Å²) in [5.74, 6) is 0.418. The van der Waals surface area contributed by atoms with Crippen LogP contribution in [-0.4, -0.2) is 49.2 Å². The number of ether oxygens (including phenoxy) is 2. The number of carbonyl (C=O) groups is 2. The van der Waals surface area contributed by atoms with E-state index < -0.39 is 0 Å². The molecule has 0 radical (unpaired) electrons. The number of methoxy groups -OCH3 is 1. The van der Waals surface area contributed by atoms with Gasteiger partial charge < -0.3 is 14.4 Å². The van der Waals surface area contributed by atoms with Gasteiger partial charge in [-0.1, -0.05) is 6.42 Å². The summed E-state index contributed by atoms with van der Waals surface area (Å²) in [6, 6.07) is 0. The quantitative estimate of drug-likeness (QED) is 0.747. The Hall–Kier alpha value is -1.10. The third kappa shape index (κ3) is 3.62. The van der Waals surface area contributed by atoms with E-state index in [1.165, 1.54) is 0 Å². The van der Waals surface area contributed by atoms with Crippen molar-refractivity contribution in [2.75, 3.05) is 20.2 Å². The molecule has 22 heavy (non-hydrogen) atoms. The van der Waals surface area contributed by atoms with E-state index in [1.807, 2.05) is 4.90 Å². The Morgan fingerprint density at radius 3 is 2.09 bits per heavy atom. The molecule has 0 aromatic carbocycles. The molecule has 1 heterocycles. The number of piperidine rings is 1. The van der Waals surface area contributed by atoms with Gasteiger partial charge in [-0.25, -0.2) is 0 Å². The van der Waals surface area contributed by atoms with Crippen molar-refractivity contribution < 1.29 is 19.1 Å². The predicted molar refractivity (Wildman–Crippen MR) is 81.2 cm³/mol. The Bertz CT molecular complexity index is 413. The van der Waals surface area contributed by atoms with Gasteiger partial charge in [0.25, 0.3) is 0 Å². The van der Waals surface area contributed by atoms with Gasteiger partial charge in [-0.3, -0.25) is 9.59 Å². The van der Waals surface area contributed by atoms with Crippen LogP contribution < -0.4 is 0 Å². The van der Waals surface area contributed by atoms with E-state index in [9.17, 15) is 9.59 Å². The second kappa shape index (κ2) is 6.99. The van der Waals surface area contributed by atoms with E-state index in [0.29, 0.717) is 19.0 Å². The molecule has 0 aromatic heterocycles. The largest absolute Gasteiger partial charge is 0.459 e. The van der Waals surface area contributed by atoms with Crippen LogP contribution in [0.4, 0.5) is 0 Å². The van der Waals surface area contributed by atoms with Gasteiger partial charge in [-0.15, -0.1) is 0 Å². The van der Waals surface area contributed by atoms with E-state index in [0.717, 1.165) is 51.4 Å². The van der Waals surface area contributed by atoms with Crippen LogP contribution in [-0.2, 0) is 19.1 Å². The molecule has 2 aliphatic carbocycles. The van der Waals surface area contributed by atoms with E-state index in [-0.39, 0.29) is 30.0 Å². The van der Waals surface area contributed by atoms with Crippen molar-refractivity contribution in [3.63, 3.8) is 0 Å². The normalized spacial score (nSPS) is 30.1. The third-order valence-corrected chi connectivity index (χ3v) is 5.28. The molecule has 5 heteroatoms. The molecule has 1 amide bonds. The predicted octanol–water partition coefficient (Wildman–Crippen LogP) is 2.14. The Kier molecular flexibility index (Phi) is 5.01. The number of rotatable bonds is 4. The van der Waals surface area contributed by atoms with Crippen LogP contribution in [0.2, 0.25) is 0 Å². The van der Waals surface area contributed by atoms with E-state index in [4.69, 9.17) is 9.47 Å². The molecule has 2 unspecified atom stereocenters. The lowest BCUT2D eigenvalue weighted by Gasteiger charge is -2.34. The summed E-state index contributed by atoms with van der Waals surface area (Å²) in [6.07, 6.45) is 7.66. The molecule has 0 N–H and O–H groups in total. The van der Waals surface area contributed by atoms with Crippen molar-refractivity contribution in [1.82, 2.24) is 4.90 Å². The summed E-state index contributed by atoms with van der Waals surface area (Å²) in [5, 5.41) is 0. The first-order chi connectivity index (χ1) is 10.7. The number of amides is 1. The first kappa shape index (κ1) is 15.8. The van der Waals surface area contributed by atoms with Gasteiger partial charge in [0, 0.05) is 26.1 Å². The van der Waals surface area contributed by atoms with Gasteiger partial charge in [-0.2, -0.15) is 0 Å². The van der Waals surface area contributed by atoms with Gasteiger partial charge in [0.1, 0.15) is 6.10 Å². The van der Waals surface area contributed by atoms with Gasteiger partial charge in [-0.05, 0) is 44.9 Å². The second-order valence-electron chi connectivity index (χ2n) is 6.91. The minimum Gasteiger partial charge on any atom is -0.459 e. The van der Waals surface area contributed by atoms with Crippen molar-refractivity contribution in [2.24, 2.45) is 11.8 Å². The molecule has 5 nitrogen and oxygen atoms in total. The van der Waals surface area contributed by atoms with Crippen LogP contribution in [0, 0.1) is 11.8 Å². The number of esters is 1. The highest BCUT2D eigenvalue weighted by atomic mass is 16.6. The van der Waals surface area contributed by atoms with Crippen molar-refractivity contribution in [1.29, 1.82) is 0 Å². The summed E-state index contributed by atoms with van der Waals surface area (Å²) < 4.78 is 11.2. The fourth-order valence-electron chi connectivity index (χ4n) is 3.64. The zero-order chi connectivity index (χ0) is 15.5. The molecule has 3 fully saturated rings. The molecule has 1 aliphatic heterocycles. The topological polar surface area (TPSA) is 55.8 Å². The van der Waals surface area contributed by atoms with Gasteiger partial charge >= 0.3 is 5.97 Å². The second-order valence-corrected chi connectivity index (χ2v) is 6.91. The zero-order valence-corrected chi connectivity index (χ0v) is 13.5. The van der Waals surface area contributed by atoms with E-state index in [1.54, 1.807) is 7.11 Å². The molecule has 0 spiro atoms. The average Bonchev–Trinajstić information content (AvgIpc) is 3.40. The van der Waals surface area contributed by atoms with E-state index >= 15 is 0 Å². The molecule has 124 valence electrons. The molecule has 0 aromatic rings. The lowest BCUT2D eigenvalue weighted by atomic mass is 9.93. The van der Waals surface area contributed by atoms with Gasteiger partial charge in [0.15, 0.2) is 0 Å². The molecule has 0 bridgehead atoms. The highest BCUT2D eigenvalue weighted by Crippen LogP contribution is 2.33. The highest BCUT2D eigenvalue weighted by molar-refractivity contribution is 5.81. The average molecular weight is 309 g/mol. The molecular formula is C17H27NO4. The molecular weight excluding hydrogens is 282 g/mol. The number of carbonyl (C=O) groups excluding carboxylic acids is 2. The fraction of sp³-hybridized carbons (Fsp3) is 0.882. The first-order valence-electron chi connectivity index (χ1n) is 8.71. The summed E-state index contributed by atoms with van der Waals surface area (Å²) in [7, 11) is 1.69. The summed E-state index contributed by atoms with van der Waals surface area (Å²) in [4.78, 5) is 26.3. The number of nitrogens with zero attached hydrogens (tertiary/aromatic N) is 1. The Balaban J connectivity index is 1.46. The zero-order valence-electron chi connectivity index (χ0n) is 13.5. The lowest BCUT2D eigenvalue weighted by Crippen LogP contribution is -2.43. The summed E-state index contributed by atoms with van der Waals surface area (Å²) >= 11 is 0. The van der Waals surface area contributed by atoms with Crippen LogP contribution in [0.25, 0.3) is 0 Å². The fourth-order valence-corrected chi connectivity index (χ4v) is 3.64. The Morgan fingerprint density at radius 2 is 1.50 bits per heavy atom. The SMILES string of the molecule is COC1CCCCC1OC(=O)C1CCN(C(=O)C2CC2)CC1. The smallest absolute Gasteiger partial charge is 0.309 e. The van der Waals surface area contributed by atoms with Crippen LogP contribution >= 0.6 is 0 Å². The minimum absolute atomic E-state index is 0.0502. The molecule has 3 rings (SSSR count). The van der Waals surface area contributed by atoms with Crippen molar-refractivity contribution in [3.8, 4) is 0 Å². The van der Waals surface area contributed by atoms with Crippen LogP contribution in [0.5, 0.6) is 0 Å². The minimum atomic E-state index is -0.0903. The maximum absolute atomic E-state index is 12.4. The Labute approximate surface area is 132 Å². The molecule has 2 saturated carbocycles. The third-order valence-electron chi connectivity index (χ3n) is 5.28. The van der Waals surface area contributed by atoms with E-state index in [2.05, 4.69) is 0 Å². The van der Waals surface area contributed by atoms with Crippen LogP contribution in [0.3, 0.4) is 0 Å². The summed E-state index contributed by atoms with van der Waals surface area (Å²) in [6.45, 7) is 1.40. The highest BCUT2D eigenvalue weighted by Gasteiger charge is 2.37. The number of hydrogen-bond donors (Lipinski definition) is 0. The molecule has 3 aliphatic rings. The monoisotopic (exact) mass is 309 g/mol. The van der Waals surface area contributed by atoms with Crippen LogP contribution in [0.1, 0.15) is 51.4 Å². The summed E-state index contributed by atoms with van der Waals surface area (Å²) in [5.41, 5.74) is 0. The van der Waals surface area contributed by atoms with Crippen LogP contribution in [0.15, 0.2) is 0 Å². The molecule has 1 saturated heterocycles. The number of likely N-dealkylation sites (tertiary alicyclic amines) is 1. The van der Waals surface area contributed by atoms with Gasteiger partial charge in [0.05, 0.1) is 12.0 Å². The standard InChI is InChI=1S/C17H27NO4/c1-21-14-4-2-3-5-15(14)22-17(20)13-8-10-18(11-9-13)16(19)12-6-7-12/h12-15H,2-11H2,1H3. The Morgan fingerprint density at radius 1 is 0.864 bits per heavy atom. The van der Waals surface area contributed by atoms with Gasteiger partial charge in [0.2, 0.25) is 5.91 Å². The first-order valence-corrected chi connectivity index (χ1v) is 8.71.